The maximum atomic E-state index is 11.0. The number of carbonyl (C=O) groups excluding carboxylic acids is 1. The van der Waals surface area contributed by atoms with Crippen molar-refractivity contribution in [2.45, 2.75) is 33.1 Å². The molecule has 3 saturated carbocycles. The highest BCUT2D eigenvalue weighted by molar-refractivity contribution is 5.72. The minimum atomic E-state index is 0.199. The highest BCUT2D eigenvalue weighted by Gasteiger charge is 2.64. The Morgan fingerprint density at radius 2 is 1.92 bits per heavy atom. The average molecular weight is 167 g/mol. The second-order valence-corrected chi connectivity index (χ2v) is 5.22. The fourth-order valence-corrected chi connectivity index (χ4v) is 3.34. The molecule has 0 saturated heterocycles. The van der Waals surface area contributed by atoms with Crippen LogP contribution in [-0.4, -0.2) is 24.4 Å². The summed E-state index contributed by atoms with van der Waals surface area (Å²) >= 11 is 0. The third-order valence-corrected chi connectivity index (χ3v) is 3.52. The summed E-state index contributed by atoms with van der Waals surface area (Å²) in [6.07, 6.45) is 4.03. The van der Waals surface area contributed by atoms with Crippen LogP contribution < -0.4 is 0 Å². The van der Waals surface area contributed by atoms with Crippen molar-refractivity contribution in [1.29, 1.82) is 0 Å². The first-order valence-corrected chi connectivity index (χ1v) is 4.67. The van der Waals surface area contributed by atoms with Gasteiger partial charge in [0.25, 0.3) is 0 Å². The Morgan fingerprint density at radius 1 is 1.42 bits per heavy atom. The van der Waals surface area contributed by atoms with Crippen molar-refractivity contribution < 1.29 is 4.79 Å². The standard InChI is InChI=1S/C10H17NO/c1-8(12)11(3)7-10-4-9(2,5-10)6-10/h4-7H2,1-3H3. The minimum Gasteiger partial charge on any atom is -0.345 e. The van der Waals surface area contributed by atoms with Crippen molar-refractivity contribution in [2.24, 2.45) is 10.8 Å². The second kappa shape index (κ2) is 2.04. The molecule has 2 heteroatoms. The van der Waals surface area contributed by atoms with Crippen LogP contribution in [0, 0.1) is 10.8 Å². The number of carbonyl (C=O) groups is 1. The summed E-state index contributed by atoms with van der Waals surface area (Å²) in [5.74, 6) is 0.199. The number of hydrogen-bond donors (Lipinski definition) is 0. The van der Waals surface area contributed by atoms with E-state index in [1.54, 1.807) is 6.92 Å². The van der Waals surface area contributed by atoms with Gasteiger partial charge in [0.05, 0.1) is 0 Å². The SMILES string of the molecule is CC(=O)N(C)CC12CC(C)(C1)C2. The summed E-state index contributed by atoms with van der Waals surface area (Å²) < 4.78 is 0. The largest absolute Gasteiger partial charge is 0.345 e. The lowest BCUT2D eigenvalue weighted by molar-refractivity contribution is -0.200. The first kappa shape index (κ1) is 8.09. The normalized spacial score (nSPS) is 42.9. The molecule has 3 rings (SSSR count). The van der Waals surface area contributed by atoms with Gasteiger partial charge in [0.2, 0.25) is 5.91 Å². The average Bonchev–Trinajstić information content (AvgIpc) is 1.81. The van der Waals surface area contributed by atoms with Crippen molar-refractivity contribution in [2.75, 3.05) is 13.6 Å². The molecule has 0 aliphatic heterocycles. The number of hydrogen-bond acceptors (Lipinski definition) is 1. The maximum Gasteiger partial charge on any atom is 0.219 e. The van der Waals surface area contributed by atoms with E-state index in [1.807, 2.05) is 11.9 Å². The zero-order valence-corrected chi connectivity index (χ0v) is 8.18. The van der Waals surface area contributed by atoms with Crippen LogP contribution in [-0.2, 0) is 4.79 Å². The summed E-state index contributed by atoms with van der Waals surface area (Å²) in [4.78, 5) is 12.8. The van der Waals surface area contributed by atoms with Gasteiger partial charge in [0.15, 0.2) is 0 Å². The lowest BCUT2D eigenvalue weighted by Crippen LogP contribution is -2.64. The minimum absolute atomic E-state index is 0.199. The maximum absolute atomic E-state index is 11.0. The predicted molar refractivity (Wildman–Crippen MR) is 47.7 cm³/mol. The summed E-state index contributed by atoms with van der Waals surface area (Å²) in [5.41, 5.74) is 1.20. The molecule has 0 N–H and O–H groups in total. The van der Waals surface area contributed by atoms with E-state index in [0.29, 0.717) is 10.8 Å². The van der Waals surface area contributed by atoms with Gasteiger partial charge in [-0.05, 0) is 30.1 Å². The molecule has 2 bridgehead atoms. The van der Waals surface area contributed by atoms with E-state index >= 15 is 0 Å². The highest BCUT2D eigenvalue weighted by Crippen LogP contribution is 2.73. The Morgan fingerprint density at radius 3 is 2.25 bits per heavy atom. The monoisotopic (exact) mass is 167 g/mol. The van der Waals surface area contributed by atoms with Crippen molar-refractivity contribution >= 4 is 5.91 Å². The zero-order valence-electron chi connectivity index (χ0n) is 8.18. The summed E-state index contributed by atoms with van der Waals surface area (Å²) in [6.45, 7) is 4.98. The molecule has 2 nitrogen and oxygen atoms in total. The van der Waals surface area contributed by atoms with E-state index in [4.69, 9.17) is 0 Å². The summed E-state index contributed by atoms with van der Waals surface area (Å²) in [6, 6.07) is 0. The number of amides is 1. The predicted octanol–water partition coefficient (Wildman–Crippen LogP) is 1.65. The molecular formula is C10H17NO. The molecule has 0 aromatic rings. The third-order valence-electron chi connectivity index (χ3n) is 3.52. The van der Waals surface area contributed by atoms with Gasteiger partial charge in [-0.25, -0.2) is 0 Å². The van der Waals surface area contributed by atoms with Crippen molar-refractivity contribution in [1.82, 2.24) is 4.90 Å². The Balaban J connectivity index is 1.86. The van der Waals surface area contributed by atoms with Crippen LogP contribution in [0.2, 0.25) is 0 Å². The first-order valence-electron chi connectivity index (χ1n) is 4.67. The van der Waals surface area contributed by atoms with Gasteiger partial charge in [-0.15, -0.1) is 0 Å². The van der Waals surface area contributed by atoms with Gasteiger partial charge in [0.1, 0.15) is 0 Å². The molecule has 1 amide bonds. The van der Waals surface area contributed by atoms with Crippen LogP contribution in [0.15, 0.2) is 0 Å². The van der Waals surface area contributed by atoms with Crippen molar-refractivity contribution in [3.8, 4) is 0 Å². The molecule has 3 fully saturated rings. The van der Waals surface area contributed by atoms with Crippen molar-refractivity contribution in [3.63, 3.8) is 0 Å². The first-order chi connectivity index (χ1) is 5.45. The fraction of sp³-hybridized carbons (Fsp3) is 0.900. The molecule has 0 aromatic carbocycles. The summed E-state index contributed by atoms with van der Waals surface area (Å²) in [5, 5.41) is 0. The Bertz CT molecular complexity index is 214. The fourth-order valence-electron chi connectivity index (χ4n) is 3.34. The van der Waals surface area contributed by atoms with Gasteiger partial charge < -0.3 is 4.90 Å². The molecule has 3 aliphatic carbocycles. The van der Waals surface area contributed by atoms with E-state index in [2.05, 4.69) is 6.92 Å². The van der Waals surface area contributed by atoms with Crippen LogP contribution in [0.3, 0.4) is 0 Å². The summed E-state index contributed by atoms with van der Waals surface area (Å²) in [7, 11) is 1.91. The molecular weight excluding hydrogens is 150 g/mol. The van der Waals surface area contributed by atoms with E-state index in [0.717, 1.165) is 6.54 Å². The van der Waals surface area contributed by atoms with Gasteiger partial charge in [-0.2, -0.15) is 0 Å². The van der Waals surface area contributed by atoms with E-state index in [9.17, 15) is 4.79 Å². The molecule has 0 spiro atoms. The smallest absolute Gasteiger partial charge is 0.219 e. The van der Waals surface area contributed by atoms with Gasteiger partial charge in [-0.1, -0.05) is 6.92 Å². The number of nitrogens with zero attached hydrogens (tertiary/aromatic N) is 1. The van der Waals surface area contributed by atoms with Gasteiger partial charge in [0, 0.05) is 20.5 Å². The van der Waals surface area contributed by atoms with E-state index in [1.165, 1.54) is 19.3 Å². The molecule has 0 heterocycles. The molecule has 0 atom stereocenters. The molecule has 0 aromatic heterocycles. The van der Waals surface area contributed by atoms with Gasteiger partial charge >= 0.3 is 0 Å². The quantitative estimate of drug-likeness (QED) is 0.612. The molecule has 3 aliphatic rings. The van der Waals surface area contributed by atoms with E-state index < -0.39 is 0 Å². The second-order valence-electron chi connectivity index (χ2n) is 5.22. The lowest BCUT2D eigenvalue weighted by atomic mass is 9.36. The van der Waals surface area contributed by atoms with Gasteiger partial charge in [-0.3, -0.25) is 4.79 Å². The lowest BCUT2D eigenvalue weighted by Gasteiger charge is -2.70. The van der Waals surface area contributed by atoms with Crippen LogP contribution in [0.25, 0.3) is 0 Å². The molecule has 0 unspecified atom stereocenters. The van der Waals surface area contributed by atoms with Crippen LogP contribution >= 0.6 is 0 Å². The number of rotatable bonds is 2. The molecule has 12 heavy (non-hydrogen) atoms. The van der Waals surface area contributed by atoms with Crippen LogP contribution in [0.4, 0.5) is 0 Å². The van der Waals surface area contributed by atoms with Crippen LogP contribution in [0.5, 0.6) is 0 Å². The molecule has 68 valence electrons. The Kier molecular flexibility index (Phi) is 1.37. The molecule has 0 radical (unpaired) electrons. The Labute approximate surface area is 73.9 Å². The van der Waals surface area contributed by atoms with Crippen LogP contribution in [0.1, 0.15) is 33.1 Å². The topological polar surface area (TPSA) is 20.3 Å². The Hall–Kier alpha value is -0.530. The zero-order chi connectivity index (χ0) is 8.98. The highest BCUT2D eigenvalue weighted by atomic mass is 16.2. The third kappa shape index (κ3) is 0.970. The van der Waals surface area contributed by atoms with E-state index in [-0.39, 0.29) is 5.91 Å². The van der Waals surface area contributed by atoms with Crippen molar-refractivity contribution in [3.05, 3.63) is 0 Å².